The first-order valence-electron chi connectivity index (χ1n) is 9.95. The summed E-state index contributed by atoms with van der Waals surface area (Å²) in [5.41, 5.74) is 0.0762. The molecule has 1 rings (SSSR count). The van der Waals surface area contributed by atoms with E-state index in [1.54, 1.807) is 0 Å². The molecule has 0 aromatic carbocycles. The summed E-state index contributed by atoms with van der Waals surface area (Å²) in [5, 5.41) is 14.9. The summed E-state index contributed by atoms with van der Waals surface area (Å²) in [5.74, 6) is -1.61. The predicted molar refractivity (Wildman–Crippen MR) is 103 cm³/mol. The van der Waals surface area contributed by atoms with E-state index in [-0.39, 0.29) is 11.8 Å². The van der Waals surface area contributed by atoms with Gasteiger partial charge in [-0.2, -0.15) is 0 Å². The summed E-state index contributed by atoms with van der Waals surface area (Å²) in [6.07, 6.45) is 6.61. The molecule has 156 valence electrons. The van der Waals surface area contributed by atoms with Gasteiger partial charge in [0, 0.05) is 0 Å². The number of hydrogen-bond acceptors (Lipinski definition) is 5. The summed E-state index contributed by atoms with van der Waals surface area (Å²) in [7, 11) is 1.30. The molecule has 7 nitrogen and oxygen atoms in total. The molecule has 7 heteroatoms. The smallest absolute Gasteiger partial charge is 0.328 e. The third-order valence-electron chi connectivity index (χ3n) is 5.06. The molecule has 1 saturated carbocycles. The zero-order chi connectivity index (χ0) is 20.4. The predicted octanol–water partition coefficient (Wildman–Crippen LogP) is 2.48. The van der Waals surface area contributed by atoms with Gasteiger partial charge >= 0.3 is 11.9 Å². The minimum atomic E-state index is -1.06. The largest absolute Gasteiger partial charge is 0.481 e. The molecular weight excluding hydrogens is 348 g/mol. The lowest BCUT2D eigenvalue weighted by Gasteiger charge is -2.27. The van der Waals surface area contributed by atoms with Crippen molar-refractivity contribution in [2.75, 3.05) is 13.7 Å². The number of carboxylic acids is 1. The number of aliphatic carboxylic acids is 1. The van der Waals surface area contributed by atoms with Crippen LogP contribution in [0.3, 0.4) is 0 Å². The van der Waals surface area contributed by atoms with E-state index >= 15 is 0 Å². The first-order chi connectivity index (χ1) is 12.6. The SMILES string of the molecule is COC(=O)[C@H](CC1CCCCC1)NC(=O)C(CC(=O)O)NCCC(C)(C)C. The van der Waals surface area contributed by atoms with Crippen LogP contribution in [0.2, 0.25) is 0 Å². The molecule has 0 saturated heterocycles. The molecule has 1 aliphatic rings. The fraction of sp³-hybridized carbons (Fsp3) is 0.850. The van der Waals surface area contributed by atoms with Gasteiger partial charge in [-0.05, 0) is 30.7 Å². The third-order valence-corrected chi connectivity index (χ3v) is 5.06. The van der Waals surface area contributed by atoms with Gasteiger partial charge in [-0.3, -0.25) is 9.59 Å². The van der Waals surface area contributed by atoms with Gasteiger partial charge in [-0.25, -0.2) is 4.79 Å². The summed E-state index contributed by atoms with van der Waals surface area (Å²) >= 11 is 0. The molecule has 1 unspecified atom stereocenters. The highest BCUT2D eigenvalue weighted by Gasteiger charge is 2.30. The van der Waals surface area contributed by atoms with Gasteiger partial charge in [0.1, 0.15) is 6.04 Å². The van der Waals surface area contributed by atoms with E-state index < -0.39 is 29.9 Å². The maximum absolute atomic E-state index is 12.7. The first kappa shape index (κ1) is 23.4. The fourth-order valence-corrected chi connectivity index (χ4v) is 3.44. The van der Waals surface area contributed by atoms with E-state index in [0.717, 1.165) is 32.1 Å². The molecule has 1 fully saturated rings. The van der Waals surface area contributed by atoms with Gasteiger partial charge in [0.15, 0.2) is 0 Å². The summed E-state index contributed by atoms with van der Waals surface area (Å²) in [6, 6.07) is -1.60. The highest BCUT2D eigenvalue weighted by molar-refractivity contribution is 5.89. The monoisotopic (exact) mass is 384 g/mol. The molecule has 1 amide bonds. The number of amides is 1. The van der Waals surface area contributed by atoms with Crippen LogP contribution in [0, 0.1) is 11.3 Å². The first-order valence-corrected chi connectivity index (χ1v) is 9.95. The van der Waals surface area contributed by atoms with Crippen LogP contribution in [0.5, 0.6) is 0 Å². The Balaban J connectivity index is 2.70. The third kappa shape index (κ3) is 9.75. The number of esters is 1. The van der Waals surface area contributed by atoms with E-state index in [0.29, 0.717) is 18.9 Å². The van der Waals surface area contributed by atoms with Crippen LogP contribution in [0.4, 0.5) is 0 Å². The number of rotatable bonds is 10. The number of nitrogens with one attached hydrogen (secondary N) is 2. The quantitative estimate of drug-likeness (QED) is 0.500. The molecule has 0 aliphatic heterocycles. The molecule has 0 spiro atoms. The van der Waals surface area contributed by atoms with E-state index in [2.05, 4.69) is 31.4 Å². The Morgan fingerprint density at radius 3 is 2.26 bits per heavy atom. The Bertz CT molecular complexity index is 495. The molecular formula is C20H36N2O5. The maximum Gasteiger partial charge on any atom is 0.328 e. The van der Waals surface area contributed by atoms with Crippen molar-refractivity contribution in [1.29, 1.82) is 0 Å². The van der Waals surface area contributed by atoms with E-state index in [1.165, 1.54) is 13.5 Å². The summed E-state index contributed by atoms with van der Waals surface area (Å²) in [4.78, 5) is 36.0. The van der Waals surface area contributed by atoms with Gasteiger partial charge in [0.2, 0.25) is 5.91 Å². The summed E-state index contributed by atoms with van der Waals surface area (Å²) < 4.78 is 4.85. The molecule has 1 aliphatic carbocycles. The average molecular weight is 385 g/mol. The van der Waals surface area contributed by atoms with Crippen molar-refractivity contribution in [3.05, 3.63) is 0 Å². The van der Waals surface area contributed by atoms with E-state index in [4.69, 9.17) is 9.84 Å². The number of carbonyl (C=O) groups is 3. The number of hydrogen-bond donors (Lipinski definition) is 3. The van der Waals surface area contributed by atoms with Crippen molar-refractivity contribution >= 4 is 17.8 Å². The Labute approximate surface area is 162 Å². The zero-order valence-electron chi connectivity index (χ0n) is 17.2. The van der Waals surface area contributed by atoms with Gasteiger partial charge in [0.05, 0.1) is 19.6 Å². The molecule has 0 radical (unpaired) electrons. The van der Waals surface area contributed by atoms with Crippen LogP contribution < -0.4 is 10.6 Å². The molecule has 0 heterocycles. The van der Waals surface area contributed by atoms with Crippen LogP contribution in [-0.4, -0.2) is 48.7 Å². The number of ether oxygens (including phenoxy) is 1. The highest BCUT2D eigenvalue weighted by atomic mass is 16.5. The Morgan fingerprint density at radius 1 is 1.11 bits per heavy atom. The van der Waals surface area contributed by atoms with Gasteiger partial charge in [-0.1, -0.05) is 52.9 Å². The molecule has 27 heavy (non-hydrogen) atoms. The Hall–Kier alpha value is -1.63. The molecule has 3 N–H and O–H groups in total. The van der Waals surface area contributed by atoms with E-state index in [9.17, 15) is 14.4 Å². The molecule has 0 aromatic rings. The van der Waals surface area contributed by atoms with Crippen LogP contribution in [-0.2, 0) is 19.1 Å². The van der Waals surface area contributed by atoms with Crippen molar-refractivity contribution < 1.29 is 24.2 Å². The second-order valence-corrected chi connectivity index (χ2v) is 8.74. The lowest BCUT2D eigenvalue weighted by atomic mass is 9.84. The number of methoxy groups -OCH3 is 1. The second kappa shape index (κ2) is 11.3. The Kier molecular flexibility index (Phi) is 9.77. The fourth-order valence-electron chi connectivity index (χ4n) is 3.44. The lowest BCUT2D eigenvalue weighted by molar-refractivity contribution is -0.146. The van der Waals surface area contributed by atoms with Gasteiger partial charge in [0.25, 0.3) is 0 Å². The van der Waals surface area contributed by atoms with Crippen LogP contribution in [0.15, 0.2) is 0 Å². The standard InChI is InChI=1S/C20H36N2O5/c1-20(2,3)10-11-21-15(13-17(23)24)18(25)22-16(19(26)27-4)12-14-8-6-5-7-9-14/h14-16,21H,5-13H2,1-4H3,(H,22,25)(H,23,24)/t15?,16-/m0/s1. The molecule has 0 bridgehead atoms. The van der Waals surface area contributed by atoms with Gasteiger partial charge in [-0.15, -0.1) is 0 Å². The number of carboxylic acid groups (broad SMARTS) is 1. The van der Waals surface area contributed by atoms with Crippen LogP contribution in [0.25, 0.3) is 0 Å². The second-order valence-electron chi connectivity index (χ2n) is 8.74. The molecule has 2 atom stereocenters. The van der Waals surface area contributed by atoms with E-state index in [1.807, 2.05) is 0 Å². The zero-order valence-corrected chi connectivity index (χ0v) is 17.2. The normalized spacial score (nSPS) is 17.8. The van der Waals surface area contributed by atoms with Crippen molar-refractivity contribution in [3.63, 3.8) is 0 Å². The summed E-state index contributed by atoms with van der Waals surface area (Å²) in [6.45, 7) is 6.77. The van der Waals surface area contributed by atoms with Crippen molar-refractivity contribution in [3.8, 4) is 0 Å². The van der Waals surface area contributed by atoms with Gasteiger partial charge < -0.3 is 20.5 Å². The Morgan fingerprint density at radius 2 is 1.74 bits per heavy atom. The van der Waals surface area contributed by atoms with Crippen LogP contribution in [0.1, 0.15) is 72.1 Å². The van der Waals surface area contributed by atoms with Crippen molar-refractivity contribution in [1.82, 2.24) is 10.6 Å². The molecule has 0 aromatic heterocycles. The van der Waals surface area contributed by atoms with Crippen molar-refractivity contribution in [2.24, 2.45) is 11.3 Å². The minimum absolute atomic E-state index is 0.0762. The topological polar surface area (TPSA) is 105 Å². The van der Waals surface area contributed by atoms with Crippen LogP contribution >= 0.6 is 0 Å². The minimum Gasteiger partial charge on any atom is -0.481 e. The maximum atomic E-state index is 12.7. The number of carbonyl (C=O) groups excluding carboxylic acids is 2. The lowest BCUT2D eigenvalue weighted by Crippen LogP contribution is -2.52. The van der Waals surface area contributed by atoms with Crippen molar-refractivity contribution in [2.45, 2.75) is 84.2 Å². The highest BCUT2D eigenvalue weighted by Crippen LogP contribution is 2.27. The average Bonchev–Trinajstić information content (AvgIpc) is 2.59.